The van der Waals surface area contributed by atoms with Gasteiger partial charge in [0.2, 0.25) is 0 Å². The van der Waals surface area contributed by atoms with Crippen LogP contribution in [0.5, 0.6) is 0 Å². The molecule has 0 aliphatic carbocycles. The molecule has 1 aromatic heterocycles. The molecule has 5 heteroatoms. The molecular weight excluding hydrogens is 326 g/mol. The van der Waals surface area contributed by atoms with Gasteiger partial charge in [-0.2, -0.15) is 5.26 Å². The van der Waals surface area contributed by atoms with Gasteiger partial charge in [-0.3, -0.25) is 4.79 Å². The Morgan fingerprint density at radius 3 is 2.69 bits per heavy atom. The van der Waals surface area contributed by atoms with Crippen molar-refractivity contribution in [2.24, 2.45) is 5.92 Å². The summed E-state index contributed by atoms with van der Waals surface area (Å²) in [6.45, 7) is 9.51. The molecule has 2 saturated heterocycles. The second-order valence-electron chi connectivity index (χ2n) is 7.72. The number of amides is 1. The Hall–Kier alpha value is -2.06. The fourth-order valence-corrected chi connectivity index (χ4v) is 3.93. The van der Waals surface area contributed by atoms with Crippen molar-refractivity contribution in [3.8, 4) is 6.07 Å². The molecule has 1 atom stereocenters. The van der Waals surface area contributed by atoms with Gasteiger partial charge in [0, 0.05) is 37.6 Å². The summed E-state index contributed by atoms with van der Waals surface area (Å²) >= 11 is 0. The maximum atomic E-state index is 12.7. The van der Waals surface area contributed by atoms with Gasteiger partial charge in [0.15, 0.2) is 0 Å². The van der Waals surface area contributed by atoms with E-state index >= 15 is 0 Å². The van der Waals surface area contributed by atoms with Crippen molar-refractivity contribution in [1.82, 2.24) is 9.47 Å². The Morgan fingerprint density at radius 2 is 2.08 bits per heavy atom. The summed E-state index contributed by atoms with van der Waals surface area (Å²) in [4.78, 5) is 14.6. The number of hydrogen-bond acceptors (Lipinski definition) is 3. The highest BCUT2D eigenvalue weighted by atomic mass is 16.5. The zero-order valence-electron chi connectivity index (χ0n) is 16.1. The summed E-state index contributed by atoms with van der Waals surface area (Å²) in [7, 11) is 0. The summed E-state index contributed by atoms with van der Waals surface area (Å²) in [6, 6.07) is 4.19. The first-order valence-electron chi connectivity index (χ1n) is 9.69. The van der Waals surface area contributed by atoms with E-state index in [1.165, 1.54) is 0 Å². The molecule has 0 aromatic carbocycles. The first-order valence-corrected chi connectivity index (χ1v) is 9.69. The number of carbonyl (C=O) groups is 1. The maximum absolute atomic E-state index is 12.7. The van der Waals surface area contributed by atoms with Crippen LogP contribution < -0.4 is 0 Å². The Kier molecular flexibility index (Phi) is 5.83. The molecule has 0 N–H and O–H groups in total. The van der Waals surface area contributed by atoms with E-state index in [4.69, 9.17) is 4.74 Å². The molecule has 0 radical (unpaired) electrons. The molecular formula is C21H29N3O2. The van der Waals surface area contributed by atoms with Gasteiger partial charge < -0.3 is 14.2 Å². The summed E-state index contributed by atoms with van der Waals surface area (Å²) in [5.74, 6) is 0.522. The lowest BCUT2D eigenvalue weighted by atomic mass is 9.98. The fourth-order valence-electron chi connectivity index (χ4n) is 3.93. The Balaban J connectivity index is 1.78. The van der Waals surface area contributed by atoms with E-state index in [2.05, 4.69) is 37.5 Å². The third-order valence-corrected chi connectivity index (χ3v) is 5.74. The van der Waals surface area contributed by atoms with Crippen molar-refractivity contribution in [2.75, 3.05) is 19.7 Å². The molecule has 3 heterocycles. The van der Waals surface area contributed by atoms with Crippen LogP contribution >= 0.6 is 0 Å². The molecule has 0 spiro atoms. The lowest BCUT2D eigenvalue weighted by Crippen LogP contribution is -2.38. The van der Waals surface area contributed by atoms with Crippen molar-refractivity contribution in [2.45, 2.75) is 59.1 Å². The van der Waals surface area contributed by atoms with Crippen LogP contribution in [0.15, 0.2) is 11.6 Å². The predicted octanol–water partition coefficient (Wildman–Crippen LogP) is 3.45. The maximum Gasteiger partial charge on any atom is 0.264 e. The number of piperidine rings is 1. The molecule has 1 amide bonds. The van der Waals surface area contributed by atoms with Gasteiger partial charge in [0.25, 0.3) is 5.91 Å². The molecule has 5 nitrogen and oxygen atoms in total. The number of aryl methyl sites for hydroxylation is 1. The third kappa shape index (κ3) is 4.02. The van der Waals surface area contributed by atoms with Gasteiger partial charge in [-0.05, 0) is 63.2 Å². The average Bonchev–Trinajstić information content (AvgIpc) is 3.24. The Morgan fingerprint density at radius 1 is 1.35 bits per heavy atom. The van der Waals surface area contributed by atoms with Gasteiger partial charge >= 0.3 is 0 Å². The summed E-state index contributed by atoms with van der Waals surface area (Å²) < 4.78 is 8.00. The van der Waals surface area contributed by atoms with Gasteiger partial charge in [0.1, 0.15) is 11.6 Å². The van der Waals surface area contributed by atoms with Crippen molar-refractivity contribution in [3.63, 3.8) is 0 Å². The lowest BCUT2D eigenvalue weighted by Gasteiger charge is -2.30. The highest BCUT2D eigenvalue weighted by Gasteiger charge is 2.24. The van der Waals surface area contributed by atoms with Crippen LogP contribution in [-0.4, -0.2) is 41.2 Å². The summed E-state index contributed by atoms with van der Waals surface area (Å²) in [5.41, 5.74) is 3.42. The van der Waals surface area contributed by atoms with E-state index in [0.29, 0.717) is 5.92 Å². The number of aromatic nitrogens is 1. The first kappa shape index (κ1) is 18.7. The number of ether oxygens (including phenoxy) is 1. The number of rotatable bonds is 4. The highest BCUT2D eigenvalue weighted by molar-refractivity contribution is 6.01. The number of carbonyl (C=O) groups excluding carboxylic acids is 1. The Bertz CT molecular complexity index is 727. The number of hydrogen-bond donors (Lipinski definition) is 0. The van der Waals surface area contributed by atoms with Gasteiger partial charge in [-0.25, -0.2) is 0 Å². The monoisotopic (exact) mass is 355 g/mol. The molecule has 2 aliphatic rings. The minimum absolute atomic E-state index is 0.136. The van der Waals surface area contributed by atoms with Gasteiger partial charge in [-0.1, -0.05) is 6.92 Å². The molecule has 2 fully saturated rings. The van der Waals surface area contributed by atoms with Crippen LogP contribution in [0.4, 0.5) is 0 Å². The summed E-state index contributed by atoms with van der Waals surface area (Å²) in [5, 5.41) is 9.54. The first-order chi connectivity index (χ1) is 12.5. The van der Waals surface area contributed by atoms with E-state index in [0.717, 1.165) is 68.9 Å². The SMILES string of the molecule is Cc1cc(/C=C(/C#N)C(=O)N2CCC(C)CC2)c(C)n1CC1CCCO1. The topological polar surface area (TPSA) is 58.3 Å². The van der Waals surface area contributed by atoms with Crippen LogP contribution in [0.25, 0.3) is 6.08 Å². The van der Waals surface area contributed by atoms with Crippen molar-refractivity contribution < 1.29 is 9.53 Å². The van der Waals surface area contributed by atoms with Crippen LogP contribution in [0.3, 0.4) is 0 Å². The number of nitrogens with zero attached hydrogens (tertiary/aromatic N) is 3. The normalized spacial score (nSPS) is 21.8. The smallest absolute Gasteiger partial charge is 0.264 e. The second-order valence-corrected chi connectivity index (χ2v) is 7.72. The van der Waals surface area contributed by atoms with Gasteiger partial charge in [0.05, 0.1) is 6.10 Å². The van der Waals surface area contributed by atoms with E-state index in [-0.39, 0.29) is 17.6 Å². The minimum atomic E-state index is -0.136. The van der Waals surface area contributed by atoms with Gasteiger partial charge in [-0.15, -0.1) is 0 Å². The van der Waals surface area contributed by atoms with Crippen molar-refractivity contribution in [3.05, 3.63) is 28.6 Å². The van der Waals surface area contributed by atoms with Crippen LogP contribution in [0, 0.1) is 31.1 Å². The fraction of sp³-hybridized carbons (Fsp3) is 0.619. The molecule has 1 unspecified atom stereocenters. The zero-order valence-corrected chi connectivity index (χ0v) is 16.1. The molecule has 2 aliphatic heterocycles. The number of nitriles is 1. The van der Waals surface area contributed by atoms with Crippen molar-refractivity contribution >= 4 is 12.0 Å². The zero-order chi connectivity index (χ0) is 18.7. The van der Waals surface area contributed by atoms with E-state index in [1.807, 2.05) is 4.90 Å². The summed E-state index contributed by atoms with van der Waals surface area (Å²) in [6.07, 6.45) is 6.27. The molecule has 0 bridgehead atoms. The van der Waals surface area contributed by atoms with E-state index in [9.17, 15) is 10.1 Å². The second kappa shape index (κ2) is 8.09. The quantitative estimate of drug-likeness (QED) is 0.614. The van der Waals surface area contributed by atoms with Crippen LogP contribution in [-0.2, 0) is 16.1 Å². The van der Waals surface area contributed by atoms with Crippen LogP contribution in [0.1, 0.15) is 49.6 Å². The van der Waals surface area contributed by atoms with Crippen LogP contribution in [0.2, 0.25) is 0 Å². The molecule has 26 heavy (non-hydrogen) atoms. The largest absolute Gasteiger partial charge is 0.376 e. The standard InChI is InChI=1S/C21H29N3O2/c1-15-6-8-23(9-7-15)21(25)19(13-22)12-18-11-16(2)24(17(18)3)14-20-5-4-10-26-20/h11-12,15,20H,4-10,14H2,1-3H3/b19-12-. The molecule has 140 valence electrons. The predicted molar refractivity (Wildman–Crippen MR) is 101 cm³/mol. The number of likely N-dealkylation sites (tertiary alicyclic amines) is 1. The molecule has 3 rings (SSSR count). The van der Waals surface area contributed by atoms with E-state index in [1.54, 1.807) is 6.08 Å². The third-order valence-electron chi connectivity index (χ3n) is 5.74. The lowest BCUT2D eigenvalue weighted by molar-refractivity contribution is -0.127. The van der Waals surface area contributed by atoms with Crippen molar-refractivity contribution in [1.29, 1.82) is 5.26 Å². The molecule has 1 aromatic rings. The minimum Gasteiger partial charge on any atom is -0.376 e. The Labute approximate surface area is 156 Å². The average molecular weight is 355 g/mol. The molecule has 0 saturated carbocycles. The highest BCUT2D eigenvalue weighted by Crippen LogP contribution is 2.23. The van der Waals surface area contributed by atoms with E-state index < -0.39 is 0 Å².